The van der Waals surface area contributed by atoms with Gasteiger partial charge >= 0.3 is 6.03 Å². The summed E-state index contributed by atoms with van der Waals surface area (Å²) in [5.41, 5.74) is 2.56. The monoisotopic (exact) mass is 315 g/mol. The first kappa shape index (κ1) is 16.3. The van der Waals surface area contributed by atoms with Crippen molar-refractivity contribution in [3.05, 3.63) is 35.4 Å². The number of aryl methyl sites for hydroxylation is 1. The fourth-order valence-electron chi connectivity index (χ4n) is 3.68. The molecular weight excluding hydrogens is 286 g/mol. The fraction of sp³-hybridized carbons (Fsp3) is 0.632. The lowest BCUT2D eigenvalue weighted by Gasteiger charge is -2.21. The Morgan fingerprint density at radius 1 is 1.17 bits per heavy atom. The molecule has 126 valence electrons. The SMILES string of the molecule is Cc1ccc(CCNC(=O)N2CCC(CN3CCCC3)C2)cc1. The van der Waals surface area contributed by atoms with Gasteiger partial charge in [-0.05, 0) is 57.2 Å². The number of carbonyl (C=O) groups excluding carboxylic acids is 1. The van der Waals surface area contributed by atoms with Crippen LogP contribution in [0.25, 0.3) is 0 Å². The number of benzene rings is 1. The molecule has 0 radical (unpaired) electrons. The molecule has 0 aliphatic carbocycles. The maximum absolute atomic E-state index is 12.3. The number of carbonyl (C=O) groups is 1. The van der Waals surface area contributed by atoms with Gasteiger partial charge in [0, 0.05) is 26.2 Å². The zero-order chi connectivity index (χ0) is 16.1. The van der Waals surface area contributed by atoms with Gasteiger partial charge < -0.3 is 15.1 Å². The Morgan fingerprint density at radius 2 is 1.91 bits per heavy atom. The van der Waals surface area contributed by atoms with Gasteiger partial charge in [0.2, 0.25) is 0 Å². The highest BCUT2D eigenvalue weighted by Crippen LogP contribution is 2.19. The predicted molar refractivity (Wildman–Crippen MR) is 93.6 cm³/mol. The van der Waals surface area contributed by atoms with Gasteiger partial charge in [-0.25, -0.2) is 4.79 Å². The third-order valence-corrected chi connectivity index (χ3v) is 5.10. The minimum Gasteiger partial charge on any atom is -0.338 e. The molecule has 0 saturated carbocycles. The largest absolute Gasteiger partial charge is 0.338 e. The van der Waals surface area contributed by atoms with Crippen molar-refractivity contribution >= 4 is 6.03 Å². The van der Waals surface area contributed by atoms with Gasteiger partial charge in [0.25, 0.3) is 0 Å². The highest BCUT2D eigenvalue weighted by Gasteiger charge is 2.28. The van der Waals surface area contributed by atoms with Gasteiger partial charge in [-0.3, -0.25) is 0 Å². The molecule has 23 heavy (non-hydrogen) atoms. The second-order valence-electron chi connectivity index (χ2n) is 7.08. The summed E-state index contributed by atoms with van der Waals surface area (Å²) < 4.78 is 0. The quantitative estimate of drug-likeness (QED) is 0.907. The average Bonchev–Trinajstić information content (AvgIpc) is 3.21. The number of amides is 2. The maximum Gasteiger partial charge on any atom is 0.317 e. The lowest BCUT2D eigenvalue weighted by molar-refractivity contribution is 0.204. The number of hydrogen-bond acceptors (Lipinski definition) is 2. The van der Waals surface area contributed by atoms with Crippen LogP contribution < -0.4 is 5.32 Å². The van der Waals surface area contributed by atoms with Gasteiger partial charge in [0.1, 0.15) is 0 Å². The smallest absolute Gasteiger partial charge is 0.317 e. The van der Waals surface area contributed by atoms with E-state index in [1.165, 1.54) is 43.6 Å². The Labute approximate surface area is 139 Å². The van der Waals surface area contributed by atoms with Crippen LogP contribution in [-0.2, 0) is 6.42 Å². The van der Waals surface area contributed by atoms with Crippen molar-refractivity contribution in [1.29, 1.82) is 0 Å². The normalized spacial score (nSPS) is 21.8. The molecular formula is C19H29N3O. The molecule has 4 nitrogen and oxygen atoms in total. The molecule has 2 aliphatic rings. The molecule has 1 aromatic rings. The van der Waals surface area contributed by atoms with Crippen LogP contribution in [0.2, 0.25) is 0 Å². The standard InChI is InChI=1S/C19H29N3O/c1-16-4-6-17(7-5-16)8-10-20-19(23)22-13-9-18(15-22)14-21-11-2-3-12-21/h4-7,18H,2-3,8-15H2,1H3,(H,20,23). The number of nitrogens with zero attached hydrogens (tertiary/aromatic N) is 2. The van der Waals surface area contributed by atoms with Crippen molar-refractivity contribution in [2.45, 2.75) is 32.6 Å². The summed E-state index contributed by atoms with van der Waals surface area (Å²) in [6.45, 7) is 8.32. The summed E-state index contributed by atoms with van der Waals surface area (Å²) in [7, 11) is 0. The van der Waals surface area contributed by atoms with Crippen molar-refractivity contribution in [1.82, 2.24) is 15.1 Å². The summed E-state index contributed by atoms with van der Waals surface area (Å²) in [6.07, 6.45) is 4.74. The molecule has 2 saturated heterocycles. The minimum absolute atomic E-state index is 0.112. The molecule has 0 aromatic heterocycles. The molecule has 2 heterocycles. The van der Waals surface area contributed by atoms with E-state index in [4.69, 9.17) is 0 Å². The zero-order valence-electron chi connectivity index (χ0n) is 14.3. The second-order valence-corrected chi connectivity index (χ2v) is 7.08. The highest BCUT2D eigenvalue weighted by molar-refractivity contribution is 5.74. The molecule has 3 rings (SSSR count). The van der Waals surface area contributed by atoms with Crippen LogP contribution in [0.15, 0.2) is 24.3 Å². The summed E-state index contributed by atoms with van der Waals surface area (Å²) in [4.78, 5) is 16.8. The van der Waals surface area contributed by atoms with Gasteiger partial charge in [-0.1, -0.05) is 29.8 Å². The summed E-state index contributed by atoms with van der Waals surface area (Å²) >= 11 is 0. The van der Waals surface area contributed by atoms with Gasteiger partial charge in [-0.2, -0.15) is 0 Å². The third kappa shape index (κ3) is 4.71. The van der Waals surface area contributed by atoms with Crippen molar-refractivity contribution in [2.75, 3.05) is 39.3 Å². The van der Waals surface area contributed by atoms with E-state index in [1.54, 1.807) is 0 Å². The van der Waals surface area contributed by atoms with Crippen LogP contribution >= 0.6 is 0 Å². The number of urea groups is 1. The van der Waals surface area contributed by atoms with Crippen LogP contribution in [0.3, 0.4) is 0 Å². The molecule has 2 fully saturated rings. The van der Waals surface area contributed by atoms with E-state index in [0.717, 1.165) is 32.5 Å². The molecule has 0 spiro atoms. The van der Waals surface area contributed by atoms with E-state index in [9.17, 15) is 4.79 Å². The Morgan fingerprint density at radius 3 is 2.65 bits per heavy atom. The van der Waals surface area contributed by atoms with E-state index in [0.29, 0.717) is 5.92 Å². The lowest BCUT2D eigenvalue weighted by atomic mass is 10.1. The Bertz CT molecular complexity index is 508. The molecule has 1 aromatic carbocycles. The fourth-order valence-corrected chi connectivity index (χ4v) is 3.68. The average molecular weight is 315 g/mol. The zero-order valence-corrected chi connectivity index (χ0v) is 14.3. The van der Waals surface area contributed by atoms with E-state index in [2.05, 4.69) is 41.4 Å². The molecule has 2 amide bonds. The molecule has 1 atom stereocenters. The van der Waals surface area contributed by atoms with E-state index >= 15 is 0 Å². The number of hydrogen-bond donors (Lipinski definition) is 1. The molecule has 2 aliphatic heterocycles. The molecule has 1 unspecified atom stereocenters. The predicted octanol–water partition coefficient (Wildman–Crippen LogP) is 2.66. The van der Waals surface area contributed by atoms with Crippen LogP contribution in [0.4, 0.5) is 4.79 Å². The first-order valence-electron chi connectivity index (χ1n) is 9.01. The first-order valence-corrected chi connectivity index (χ1v) is 9.01. The van der Waals surface area contributed by atoms with Crippen LogP contribution in [0, 0.1) is 12.8 Å². The number of rotatable bonds is 5. The van der Waals surface area contributed by atoms with Crippen LogP contribution in [0.1, 0.15) is 30.4 Å². The third-order valence-electron chi connectivity index (χ3n) is 5.10. The number of likely N-dealkylation sites (tertiary alicyclic amines) is 2. The van der Waals surface area contributed by atoms with E-state index in [1.807, 2.05) is 4.90 Å². The van der Waals surface area contributed by atoms with Crippen LogP contribution in [-0.4, -0.2) is 55.1 Å². The Hall–Kier alpha value is -1.55. The first-order chi connectivity index (χ1) is 11.2. The Balaban J connectivity index is 1.36. The summed E-state index contributed by atoms with van der Waals surface area (Å²) in [5.74, 6) is 0.663. The van der Waals surface area contributed by atoms with E-state index < -0.39 is 0 Å². The molecule has 4 heteroatoms. The maximum atomic E-state index is 12.3. The lowest BCUT2D eigenvalue weighted by Crippen LogP contribution is -2.40. The van der Waals surface area contributed by atoms with Crippen molar-refractivity contribution < 1.29 is 4.79 Å². The number of nitrogens with one attached hydrogen (secondary N) is 1. The van der Waals surface area contributed by atoms with Crippen molar-refractivity contribution in [3.63, 3.8) is 0 Å². The topological polar surface area (TPSA) is 35.6 Å². The summed E-state index contributed by atoms with van der Waals surface area (Å²) in [6, 6.07) is 8.65. The van der Waals surface area contributed by atoms with Gasteiger partial charge in [-0.15, -0.1) is 0 Å². The second kappa shape index (κ2) is 7.82. The highest BCUT2D eigenvalue weighted by atomic mass is 16.2. The van der Waals surface area contributed by atoms with Gasteiger partial charge in [0.05, 0.1) is 0 Å². The van der Waals surface area contributed by atoms with Gasteiger partial charge in [0.15, 0.2) is 0 Å². The molecule has 0 bridgehead atoms. The minimum atomic E-state index is 0.112. The molecule has 1 N–H and O–H groups in total. The van der Waals surface area contributed by atoms with Crippen molar-refractivity contribution in [2.24, 2.45) is 5.92 Å². The van der Waals surface area contributed by atoms with E-state index in [-0.39, 0.29) is 6.03 Å². The summed E-state index contributed by atoms with van der Waals surface area (Å²) in [5, 5.41) is 3.08. The van der Waals surface area contributed by atoms with Crippen LogP contribution in [0.5, 0.6) is 0 Å². The van der Waals surface area contributed by atoms with Crippen molar-refractivity contribution in [3.8, 4) is 0 Å². The Kier molecular flexibility index (Phi) is 5.55.